The summed E-state index contributed by atoms with van der Waals surface area (Å²) < 4.78 is 7.78. The molecule has 0 fully saturated rings. The van der Waals surface area contributed by atoms with Gasteiger partial charge in [-0.25, -0.2) is 4.98 Å². The Morgan fingerprint density at radius 3 is 2.52 bits per heavy atom. The quantitative estimate of drug-likeness (QED) is 0.918. The standard InChI is InChI=1S/C16H26N4O/c1-11-7-19-20(10-11)13(3)12(2)17-9-15-18-8-14(21-15)16(4,5)6/h7-8,10,12-13,17H,9H2,1-6H3/t12-,13+/m1/s1. The van der Waals surface area contributed by atoms with Crippen molar-refractivity contribution < 1.29 is 4.42 Å². The third-order valence-corrected chi connectivity index (χ3v) is 3.74. The average Bonchev–Trinajstić information content (AvgIpc) is 3.03. The molecule has 0 saturated heterocycles. The Balaban J connectivity index is 1.92. The van der Waals surface area contributed by atoms with Crippen LogP contribution in [0.3, 0.4) is 0 Å². The first-order valence-electron chi connectivity index (χ1n) is 7.46. The van der Waals surface area contributed by atoms with E-state index in [1.54, 1.807) is 0 Å². The highest BCUT2D eigenvalue weighted by Crippen LogP contribution is 2.22. The maximum atomic E-state index is 5.79. The largest absolute Gasteiger partial charge is 0.444 e. The molecule has 2 atom stereocenters. The van der Waals surface area contributed by atoms with Crippen LogP contribution < -0.4 is 5.32 Å². The van der Waals surface area contributed by atoms with Gasteiger partial charge in [-0.05, 0) is 26.3 Å². The molecule has 0 aliphatic heterocycles. The first kappa shape index (κ1) is 15.8. The van der Waals surface area contributed by atoms with E-state index in [0.717, 1.165) is 11.7 Å². The summed E-state index contributed by atoms with van der Waals surface area (Å²) in [7, 11) is 0. The van der Waals surface area contributed by atoms with Crippen LogP contribution in [-0.2, 0) is 12.0 Å². The molecule has 0 aromatic carbocycles. The Kier molecular flexibility index (Phi) is 4.52. The molecule has 116 valence electrons. The average molecular weight is 290 g/mol. The first-order chi connectivity index (χ1) is 9.77. The predicted molar refractivity (Wildman–Crippen MR) is 83.2 cm³/mol. The molecule has 1 N–H and O–H groups in total. The van der Waals surface area contributed by atoms with Gasteiger partial charge in [0.1, 0.15) is 5.76 Å². The van der Waals surface area contributed by atoms with Crippen LogP contribution in [0.1, 0.15) is 57.9 Å². The molecule has 0 saturated carbocycles. The minimum atomic E-state index is -0.00323. The summed E-state index contributed by atoms with van der Waals surface area (Å²) >= 11 is 0. The van der Waals surface area contributed by atoms with Gasteiger partial charge in [0.25, 0.3) is 0 Å². The lowest BCUT2D eigenvalue weighted by Crippen LogP contribution is -2.33. The van der Waals surface area contributed by atoms with Crippen LogP contribution in [0.25, 0.3) is 0 Å². The van der Waals surface area contributed by atoms with Crippen LogP contribution in [0.4, 0.5) is 0 Å². The van der Waals surface area contributed by atoms with Gasteiger partial charge in [0.15, 0.2) is 0 Å². The highest BCUT2D eigenvalue weighted by Gasteiger charge is 2.20. The summed E-state index contributed by atoms with van der Waals surface area (Å²) in [5.74, 6) is 1.65. The Morgan fingerprint density at radius 1 is 1.29 bits per heavy atom. The van der Waals surface area contributed by atoms with Crippen molar-refractivity contribution >= 4 is 0 Å². The highest BCUT2D eigenvalue weighted by atomic mass is 16.4. The summed E-state index contributed by atoms with van der Waals surface area (Å²) in [5.41, 5.74) is 1.17. The Labute approximate surface area is 126 Å². The van der Waals surface area contributed by atoms with Gasteiger partial charge in [0, 0.05) is 17.7 Å². The van der Waals surface area contributed by atoms with Crippen molar-refractivity contribution in [3.8, 4) is 0 Å². The van der Waals surface area contributed by atoms with Crippen molar-refractivity contribution in [2.75, 3.05) is 0 Å². The molecule has 0 bridgehead atoms. The topological polar surface area (TPSA) is 55.9 Å². The van der Waals surface area contributed by atoms with E-state index in [0.29, 0.717) is 6.54 Å². The molecule has 2 heterocycles. The fourth-order valence-corrected chi connectivity index (χ4v) is 2.04. The number of aryl methyl sites for hydroxylation is 1. The number of oxazole rings is 1. The normalized spacial score (nSPS) is 15.1. The molecule has 0 aliphatic rings. The number of rotatable bonds is 5. The summed E-state index contributed by atoms with van der Waals surface area (Å²) in [6.45, 7) is 13.3. The van der Waals surface area contributed by atoms with Crippen LogP contribution in [0.15, 0.2) is 23.0 Å². The minimum absolute atomic E-state index is 0.00323. The molecule has 0 radical (unpaired) electrons. The third-order valence-electron chi connectivity index (χ3n) is 3.74. The molecule has 0 spiro atoms. The first-order valence-corrected chi connectivity index (χ1v) is 7.46. The van der Waals surface area contributed by atoms with Crippen molar-refractivity contribution in [2.45, 2.75) is 65.6 Å². The third kappa shape index (κ3) is 3.94. The van der Waals surface area contributed by atoms with E-state index in [-0.39, 0.29) is 17.5 Å². The van der Waals surface area contributed by atoms with E-state index in [4.69, 9.17) is 4.42 Å². The lowest BCUT2D eigenvalue weighted by molar-refractivity contribution is 0.332. The second-order valence-corrected chi connectivity index (χ2v) is 6.78. The van der Waals surface area contributed by atoms with Gasteiger partial charge in [-0.2, -0.15) is 5.10 Å². The fraction of sp³-hybridized carbons (Fsp3) is 0.625. The smallest absolute Gasteiger partial charge is 0.208 e. The van der Waals surface area contributed by atoms with Crippen molar-refractivity contribution in [2.24, 2.45) is 0 Å². The van der Waals surface area contributed by atoms with E-state index in [2.05, 4.69) is 63.1 Å². The van der Waals surface area contributed by atoms with Crippen LogP contribution in [0.2, 0.25) is 0 Å². The number of nitrogens with zero attached hydrogens (tertiary/aromatic N) is 3. The molecule has 2 aromatic rings. The number of hydrogen-bond donors (Lipinski definition) is 1. The molecule has 0 amide bonds. The maximum Gasteiger partial charge on any atom is 0.208 e. The fourth-order valence-electron chi connectivity index (χ4n) is 2.04. The zero-order chi connectivity index (χ0) is 15.6. The van der Waals surface area contributed by atoms with E-state index < -0.39 is 0 Å². The van der Waals surface area contributed by atoms with Crippen LogP contribution in [0, 0.1) is 6.92 Å². The lowest BCUT2D eigenvalue weighted by atomic mass is 9.94. The van der Waals surface area contributed by atoms with Gasteiger partial charge in [-0.3, -0.25) is 4.68 Å². The van der Waals surface area contributed by atoms with Gasteiger partial charge in [-0.1, -0.05) is 20.8 Å². The van der Waals surface area contributed by atoms with Crippen molar-refractivity contribution in [3.63, 3.8) is 0 Å². The van der Waals surface area contributed by atoms with Gasteiger partial charge >= 0.3 is 0 Å². The Bertz CT molecular complexity index is 579. The zero-order valence-corrected chi connectivity index (χ0v) is 13.8. The zero-order valence-electron chi connectivity index (χ0n) is 13.8. The van der Waals surface area contributed by atoms with Crippen molar-refractivity contribution in [1.29, 1.82) is 0 Å². The molecule has 2 aromatic heterocycles. The predicted octanol–water partition coefficient (Wildman–Crippen LogP) is 3.22. The van der Waals surface area contributed by atoms with Gasteiger partial charge in [0.2, 0.25) is 5.89 Å². The lowest BCUT2D eigenvalue weighted by Gasteiger charge is -2.21. The summed E-state index contributed by atoms with van der Waals surface area (Å²) in [4.78, 5) is 4.34. The second-order valence-electron chi connectivity index (χ2n) is 6.78. The molecule has 0 aliphatic carbocycles. The minimum Gasteiger partial charge on any atom is -0.444 e. The number of hydrogen-bond acceptors (Lipinski definition) is 4. The van der Waals surface area contributed by atoms with Gasteiger partial charge in [0.05, 0.1) is 25.0 Å². The molecule has 5 nitrogen and oxygen atoms in total. The number of nitrogens with one attached hydrogen (secondary N) is 1. The SMILES string of the molecule is Cc1cnn([C@@H](C)[C@@H](C)NCc2ncc(C(C)(C)C)o2)c1. The molecule has 5 heteroatoms. The van der Waals surface area contributed by atoms with Crippen molar-refractivity contribution in [1.82, 2.24) is 20.1 Å². The highest BCUT2D eigenvalue weighted by molar-refractivity contribution is 5.06. The molecule has 2 rings (SSSR count). The summed E-state index contributed by atoms with van der Waals surface area (Å²) in [6.07, 6.45) is 5.76. The molecular formula is C16H26N4O. The van der Waals surface area contributed by atoms with Crippen molar-refractivity contribution in [3.05, 3.63) is 35.8 Å². The Morgan fingerprint density at radius 2 is 2.00 bits per heavy atom. The van der Waals surface area contributed by atoms with Crippen LogP contribution in [-0.4, -0.2) is 20.8 Å². The molecule has 0 unspecified atom stereocenters. The second kappa shape index (κ2) is 6.02. The number of aromatic nitrogens is 3. The molecule has 21 heavy (non-hydrogen) atoms. The van der Waals surface area contributed by atoms with Crippen LogP contribution >= 0.6 is 0 Å². The molecular weight excluding hydrogens is 264 g/mol. The van der Waals surface area contributed by atoms with E-state index in [1.165, 1.54) is 5.56 Å². The van der Waals surface area contributed by atoms with Gasteiger partial charge in [-0.15, -0.1) is 0 Å². The monoisotopic (exact) mass is 290 g/mol. The Hall–Kier alpha value is -1.62. The van der Waals surface area contributed by atoms with E-state index >= 15 is 0 Å². The summed E-state index contributed by atoms with van der Waals surface area (Å²) in [6, 6.07) is 0.546. The van der Waals surface area contributed by atoms with E-state index in [9.17, 15) is 0 Å². The maximum absolute atomic E-state index is 5.79. The van der Waals surface area contributed by atoms with Crippen LogP contribution in [0.5, 0.6) is 0 Å². The van der Waals surface area contributed by atoms with Gasteiger partial charge < -0.3 is 9.73 Å². The van der Waals surface area contributed by atoms with E-state index in [1.807, 2.05) is 17.1 Å². The summed E-state index contributed by atoms with van der Waals surface area (Å²) in [5, 5.41) is 7.82.